The fraction of sp³-hybridized carbons (Fsp3) is 0.600. The van der Waals surface area contributed by atoms with Crippen LogP contribution in [0.3, 0.4) is 0 Å². The van der Waals surface area contributed by atoms with Gasteiger partial charge in [-0.3, -0.25) is 0 Å². The summed E-state index contributed by atoms with van der Waals surface area (Å²) in [5, 5.41) is 23.8. The molecule has 0 heterocycles. The van der Waals surface area contributed by atoms with E-state index in [9.17, 15) is 14.7 Å². The van der Waals surface area contributed by atoms with Crippen molar-refractivity contribution in [3.05, 3.63) is 35.9 Å². The molecule has 1 aromatic rings. The van der Waals surface area contributed by atoms with Crippen LogP contribution in [0, 0.1) is 11.3 Å². The van der Waals surface area contributed by atoms with Crippen LogP contribution in [-0.2, 0) is 4.74 Å². The number of carbonyl (C=O) groups is 2. The molecule has 7 nitrogen and oxygen atoms in total. The molecule has 1 aromatic carbocycles. The van der Waals surface area contributed by atoms with E-state index in [1.165, 1.54) is 0 Å². The van der Waals surface area contributed by atoms with Gasteiger partial charge >= 0.3 is 12.2 Å². The largest absolute Gasteiger partial charge is 0.465 e. The van der Waals surface area contributed by atoms with Gasteiger partial charge in [0.05, 0.1) is 0 Å². The van der Waals surface area contributed by atoms with E-state index in [-0.39, 0.29) is 30.0 Å². The molecule has 1 fully saturated rings. The van der Waals surface area contributed by atoms with Gasteiger partial charge in [0, 0.05) is 30.0 Å². The number of aliphatic hydroxyl groups excluding tert-OH is 1. The molecule has 2 amide bonds. The molecule has 1 aliphatic carbocycles. The third kappa shape index (κ3) is 6.13. The predicted molar refractivity (Wildman–Crippen MR) is 101 cm³/mol. The van der Waals surface area contributed by atoms with Crippen LogP contribution in [0.15, 0.2) is 30.3 Å². The van der Waals surface area contributed by atoms with Gasteiger partial charge in [-0.1, -0.05) is 51.1 Å². The van der Waals surface area contributed by atoms with E-state index in [1.807, 2.05) is 51.1 Å². The normalized spacial score (nSPS) is 23.9. The smallest absolute Gasteiger partial charge is 0.407 e. The highest BCUT2D eigenvalue weighted by Crippen LogP contribution is 2.36. The van der Waals surface area contributed by atoms with Crippen LogP contribution in [0.1, 0.15) is 51.7 Å². The molecular formula is C20H30N2O5. The quantitative estimate of drug-likeness (QED) is 0.629. The summed E-state index contributed by atoms with van der Waals surface area (Å²) in [5.74, 6) is -0.215. The number of aliphatic hydroxyl groups is 1. The average molecular weight is 378 g/mol. The Hall–Kier alpha value is -2.28. The van der Waals surface area contributed by atoms with Crippen LogP contribution in [0.2, 0.25) is 0 Å². The number of nitrogens with one attached hydrogen (secondary N) is 2. The van der Waals surface area contributed by atoms with E-state index in [4.69, 9.17) is 9.84 Å². The van der Waals surface area contributed by atoms with Crippen molar-refractivity contribution >= 4 is 12.2 Å². The minimum atomic E-state index is -1.07. The Morgan fingerprint density at radius 1 is 1.19 bits per heavy atom. The van der Waals surface area contributed by atoms with Crippen molar-refractivity contribution in [2.24, 2.45) is 11.3 Å². The Kier molecular flexibility index (Phi) is 7.07. The molecule has 27 heavy (non-hydrogen) atoms. The maximum absolute atomic E-state index is 12.5. The van der Waals surface area contributed by atoms with Gasteiger partial charge in [0.2, 0.25) is 0 Å². The molecule has 0 spiro atoms. The molecular weight excluding hydrogens is 348 g/mol. The second-order valence-electron chi connectivity index (χ2n) is 8.22. The lowest BCUT2D eigenvalue weighted by Crippen LogP contribution is -2.50. The Labute approximate surface area is 160 Å². The molecule has 1 aliphatic rings. The highest BCUT2D eigenvalue weighted by Gasteiger charge is 2.34. The number of carbonyl (C=O) groups excluding carboxylic acids is 1. The molecule has 0 radical (unpaired) electrons. The summed E-state index contributed by atoms with van der Waals surface area (Å²) >= 11 is 0. The Balaban J connectivity index is 2.00. The second-order valence-corrected chi connectivity index (χ2v) is 8.22. The number of ether oxygens (including phenoxy) is 1. The Morgan fingerprint density at radius 2 is 1.85 bits per heavy atom. The Bertz CT molecular complexity index is 629. The van der Waals surface area contributed by atoms with Crippen molar-refractivity contribution in [3.63, 3.8) is 0 Å². The Morgan fingerprint density at radius 3 is 2.41 bits per heavy atom. The van der Waals surface area contributed by atoms with Gasteiger partial charge in [0.15, 0.2) is 0 Å². The maximum Gasteiger partial charge on any atom is 0.407 e. The zero-order valence-electron chi connectivity index (χ0n) is 16.1. The highest BCUT2D eigenvalue weighted by molar-refractivity contribution is 5.68. The first-order chi connectivity index (χ1) is 12.7. The summed E-state index contributed by atoms with van der Waals surface area (Å²) in [6, 6.07) is 9.15. The number of carboxylic acid groups (broad SMARTS) is 1. The monoisotopic (exact) mass is 378 g/mol. The van der Waals surface area contributed by atoms with Crippen molar-refractivity contribution in [2.75, 3.05) is 6.61 Å². The SMILES string of the molecule is CC(C)(C)C(OC(=O)N[C@H]1CCC(NC(=O)O)C[C@H]1CO)c1ccccc1. The van der Waals surface area contributed by atoms with Crippen LogP contribution in [0.5, 0.6) is 0 Å². The number of benzene rings is 1. The number of rotatable bonds is 5. The molecule has 0 saturated heterocycles. The van der Waals surface area contributed by atoms with Gasteiger partial charge in [-0.25, -0.2) is 9.59 Å². The molecule has 0 aliphatic heterocycles. The fourth-order valence-electron chi connectivity index (χ4n) is 3.63. The van der Waals surface area contributed by atoms with Crippen LogP contribution in [0.25, 0.3) is 0 Å². The van der Waals surface area contributed by atoms with E-state index in [2.05, 4.69) is 10.6 Å². The molecule has 0 aromatic heterocycles. The summed E-state index contributed by atoms with van der Waals surface area (Å²) in [6.45, 7) is 5.91. The second kappa shape index (κ2) is 9.08. The topological polar surface area (TPSA) is 108 Å². The number of hydrogen-bond donors (Lipinski definition) is 4. The van der Waals surface area contributed by atoms with Crippen LogP contribution < -0.4 is 10.6 Å². The molecule has 4 atom stereocenters. The summed E-state index contributed by atoms with van der Waals surface area (Å²) in [4.78, 5) is 23.3. The molecule has 2 unspecified atom stereocenters. The number of alkyl carbamates (subject to hydrolysis) is 1. The van der Waals surface area contributed by atoms with Crippen molar-refractivity contribution in [1.82, 2.24) is 10.6 Å². The molecule has 4 N–H and O–H groups in total. The first-order valence-corrected chi connectivity index (χ1v) is 9.33. The summed E-state index contributed by atoms with van der Waals surface area (Å²) in [5.41, 5.74) is 0.645. The minimum Gasteiger partial charge on any atom is -0.465 e. The molecule has 0 bridgehead atoms. The van der Waals surface area contributed by atoms with E-state index >= 15 is 0 Å². The van der Waals surface area contributed by atoms with Crippen LogP contribution in [0.4, 0.5) is 9.59 Å². The lowest BCUT2D eigenvalue weighted by atomic mass is 9.82. The molecule has 2 rings (SSSR count). The van der Waals surface area contributed by atoms with Gasteiger partial charge < -0.3 is 25.6 Å². The zero-order valence-corrected chi connectivity index (χ0v) is 16.1. The van der Waals surface area contributed by atoms with Gasteiger partial charge in [-0.2, -0.15) is 0 Å². The standard InChI is InChI=1S/C20H30N2O5/c1-20(2,3)17(13-7-5-4-6-8-13)27-19(26)22-16-10-9-15(21-18(24)25)11-14(16)12-23/h4-8,14-17,21,23H,9-12H2,1-3H3,(H,22,26)(H,24,25)/t14-,15?,16-,17?/m0/s1. The van der Waals surface area contributed by atoms with Crippen molar-refractivity contribution < 1.29 is 24.5 Å². The third-order valence-corrected chi connectivity index (χ3v) is 4.96. The van der Waals surface area contributed by atoms with E-state index < -0.39 is 18.3 Å². The summed E-state index contributed by atoms with van der Waals surface area (Å²) in [6.07, 6.45) is -0.331. The molecule has 7 heteroatoms. The fourth-order valence-corrected chi connectivity index (χ4v) is 3.63. The van der Waals surface area contributed by atoms with Crippen LogP contribution >= 0.6 is 0 Å². The maximum atomic E-state index is 12.5. The van der Waals surface area contributed by atoms with Crippen LogP contribution in [-0.4, -0.2) is 41.1 Å². The van der Waals surface area contributed by atoms with Crippen molar-refractivity contribution in [1.29, 1.82) is 0 Å². The van der Waals surface area contributed by atoms with Gasteiger partial charge in [0.25, 0.3) is 0 Å². The summed E-state index contributed by atoms with van der Waals surface area (Å²) < 4.78 is 5.75. The van der Waals surface area contributed by atoms with E-state index in [0.717, 1.165) is 5.56 Å². The van der Waals surface area contributed by atoms with Gasteiger partial charge in [-0.05, 0) is 24.8 Å². The minimum absolute atomic E-state index is 0.121. The zero-order chi connectivity index (χ0) is 20.0. The number of amides is 2. The van der Waals surface area contributed by atoms with Crippen molar-refractivity contribution in [3.8, 4) is 0 Å². The predicted octanol–water partition coefficient (Wildman–Crippen LogP) is 3.30. The first-order valence-electron chi connectivity index (χ1n) is 9.33. The number of hydrogen-bond acceptors (Lipinski definition) is 4. The van der Waals surface area contributed by atoms with E-state index in [0.29, 0.717) is 19.3 Å². The van der Waals surface area contributed by atoms with Gasteiger partial charge in [0.1, 0.15) is 6.10 Å². The van der Waals surface area contributed by atoms with E-state index in [1.54, 1.807) is 0 Å². The average Bonchev–Trinajstić information content (AvgIpc) is 2.60. The lowest BCUT2D eigenvalue weighted by Gasteiger charge is -2.36. The lowest BCUT2D eigenvalue weighted by molar-refractivity contribution is 0.0239. The molecule has 150 valence electrons. The summed E-state index contributed by atoms with van der Waals surface area (Å²) in [7, 11) is 0. The van der Waals surface area contributed by atoms with Gasteiger partial charge in [-0.15, -0.1) is 0 Å². The molecule has 1 saturated carbocycles. The third-order valence-electron chi connectivity index (χ3n) is 4.96. The first kappa shape index (κ1) is 21.0. The van der Waals surface area contributed by atoms with Crippen molar-refractivity contribution in [2.45, 2.75) is 58.2 Å². The highest BCUT2D eigenvalue weighted by atomic mass is 16.6.